The molecule has 1 aromatic heterocycles. The van der Waals surface area contributed by atoms with Gasteiger partial charge in [-0.1, -0.05) is 6.07 Å². The van der Waals surface area contributed by atoms with Crippen molar-refractivity contribution in [3.63, 3.8) is 0 Å². The Morgan fingerprint density at radius 1 is 1.18 bits per heavy atom. The molecule has 0 bridgehead atoms. The van der Waals surface area contributed by atoms with Crippen molar-refractivity contribution in [1.82, 2.24) is 29.5 Å². The van der Waals surface area contributed by atoms with E-state index in [4.69, 9.17) is 0 Å². The molecule has 2 amide bonds. The lowest BCUT2D eigenvalue weighted by atomic mass is 10.1. The lowest BCUT2D eigenvalue weighted by Gasteiger charge is -2.41. The first kappa shape index (κ1) is 18.6. The van der Waals surface area contributed by atoms with Gasteiger partial charge >= 0.3 is 0 Å². The minimum absolute atomic E-state index is 0.00573. The van der Waals surface area contributed by atoms with Crippen molar-refractivity contribution in [1.29, 1.82) is 0 Å². The molecule has 28 heavy (non-hydrogen) atoms. The summed E-state index contributed by atoms with van der Waals surface area (Å²) < 4.78 is 1.63. The summed E-state index contributed by atoms with van der Waals surface area (Å²) >= 11 is 0. The zero-order valence-electron chi connectivity index (χ0n) is 16.4. The molecule has 8 heteroatoms. The number of carbonyl (C=O) groups is 2. The quantitative estimate of drug-likeness (QED) is 0.793. The molecular weight excluding hydrogens is 356 g/mol. The number of nitrogens with zero attached hydrogens (tertiary/aromatic N) is 6. The molecule has 148 valence electrons. The van der Waals surface area contributed by atoms with Crippen molar-refractivity contribution in [2.24, 2.45) is 0 Å². The maximum absolute atomic E-state index is 13.1. The lowest BCUT2D eigenvalue weighted by molar-refractivity contribution is -0.138. The summed E-state index contributed by atoms with van der Waals surface area (Å²) in [6.45, 7) is 4.71. The van der Waals surface area contributed by atoms with Gasteiger partial charge in [0.15, 0.2) is 0 Å². The number of amides is 2. The smallest absolute Gasteiger partial charge is 0.254 e. The summed E-state index contributed by atoms with van der Waals surface area (Å²) in [7, 11) is 2.01. The summed E-state index contributed by atoms with van der Waals surface area (Å²) in [5.41, 5.74) is 1.42. The van der Waals surface area contributed by atoms with E-state index < -0.39 is 0 Å². The zero-order valence-corrected chi connectivity index (χ0v) is 16.4. The minimum atomic E-state index is -0.0214. The average Bonchev–Trinajstić information content (AvgIpc) is 3.39. The number of carbonyl (C=O) groups excluding carboxylic acids is 2. The van der Waals surface area contributed by atoms with Gasteiger partial charge in [-0.3, -0.25) is 14.5 Å². The van der Waals surface area contributed by atoms with Crippen LogP contribution in [0.2, 0.25) is 0 Å². The molecule has 0 spiro atoms. The number of hydrogen-bond acceptors (Lipinski definition) is 5. The molecule has 0 radical (unpaired) electrons. The van der Waals surface area contributed by atoms with Crippen LogP contribution in [0, 0.1) is 0 Å². The average molecular weight is 382 g/mol. The fraction of sp³-hybridized carbons (Fsp3) is 0.500. The lowest BCUT2D eigenvalue weighted by Crippen LogP contribution is -2.58. The summed E-state index contributed by atoms with van der Waals surface area (Å²) in [6.07, 6.45) is 5.08. The second kappa shape index (κ2) is 7.71. The highest BCUT2D eigenvalue weighted by molar-refractivity contribution is 5.95. The van der Waals surface area contributed by atoms with Crippen LogP contribution in [-0.4, -0.2) is 86.6 Å². The molecule has 2 fully saturated rings. The van der Waals surface area contributed by atoms with E-state index in [1.54, 1.807) is 11.0 Å². The van der Waals surface area contributed by atoms with E-state index in [1.807, 2.05) is 48.0 Å². The van der Waals surface area contributed by atoms with Gasteiger partial charge in [0.1, 0.15) is 12.7 Å². The van der Waals surface area contributed by atoms with Crippen LogP contribution in [0.3, 0.4) is 0 Å². The molecule has 8 nitrogen and oxygen atoms in total. The van der Waals surface area contributed by atoms with Crippen molar-refractivity contribution in [2.75, 3.05) is 33.2 Å². The Kier molecular flexibility index (Phi) is 5.13. The molecule has 2 aromatic rings. The van der Waals surface area contributed by atoms with E-state index in [1.165, 1.54) is 6.33 Å². The summed E-state index contributed by atoms with van der Waals surface area (Å²) in [6, 6.07) is 7.37. The third-order valence-corrected chi connectivity index (χ3v) is 5.78. The normalized spacial score (nSPS) is 23.2. The Labute approximate surface area is 164 Å². The van der Waals surface area contributed by atoms with Gasteiger partial charge in [0, 0.05) is 31.2 Å². The number of benzene rings is 1. The van der Waals surface area contributed by atoms with E-state index in [2.05, 4.69) is 15.0 Å². The second-order valence-electron chi connectivity index (χ2n) is 7.66. The van der Waals surface area contributed by atoms with Crippen molar-refractivity contribution < 1.29 is 9.59 Å². The van der Waals surface area contributed by atoms with Crippen LogP contribution in [0.4, 0.5) is 0 Å². The SMILES string of the molecule is C[C@H]1CN(C(=O)[C@@H]2CCCN2C)CCN1C(=O)c1cccc(-n2cncn2)c1. The number of piperazine rings is 1. The van der Waals surface area contributed by atoms with Crippen molar-refractivity contribution in [2.45, 2.75) is 31.8 Å². The van der Waals surface area contributed by atoms with Crippen molar-refractivity contribution in [3.8, 4) is 5.69 Å². The summed E-state index contributed by atoms with van der Waals surface area (Å²) in [5.74, 6) is 0.187. The Bertz CT molecular complexity index is 852. The van der Waals surface area contributed by atoms with Gasteiger partial charge in [0.05, 0.1) is 11.7 Å². The highest BCUT2D eigenvalue weighted by atomic mass is 16.2. The number of likely N-dealkylation sites (tertiary alicyclic amines) is 1. The highest BCUT2D eigenvalue weighted by Crippen LogP contribution is 2.21. The van der Waals surface area contributed by atoms with Crippen LogP contribution in [0.25, 0.3) is 5.69 Å². The van der Waals surface area contributed by atoms with Crippen molar-refractivity contribution in [3.05, 3.63) is 42.5 Å². The second-order valence-corrected chi connectivity index (χ2v) is 7.66. The van der Waals surface area contributed by atoms with Gasteiger partial charge in [-0.2, -0.15) is 5.10 Å². The standard InChI is InChI=1S/C20H26N6O2/c1-15-12-24(20(28)18-7-4-8-23(18)2)9-10-25(15)19(27)16-5-3-6-17(11-16)26-14-21-13-22-26/h3,5-6,11,13-15,18H,4,7-10,12H2,1-2H3/t15-,18-/m0/s1. The Morgan fingerprint density at radius 2 is 2.04 bits per heavy atom. The van der Waals surface area contributed by atoms with Crippen LogP contribution in [0.5, 0.6) is 0 Å². The Balaban J connectivity index is 1.44. The summed E-state index contributed by atoms with van der Waals surface area (Å²) in [5, 5.41) is 4.12. The first-order chi connectivity index (χ1) is 13.5. The van der Waals surface area contributed by atoms with Gasteiger partial charge in [-0.05, 0) is 51.6 Å². The van der Waals surface area contributed by atoms with E-state index >= 15 is 0 Å². The fourth-order valence-corrected chi connectivity index (χ4v) is 4.18. The third-order valence-electron chi connectivity index (χ3n) is 5.78. The maximum Gasteiger partial charge on any atom is 0.254 e. The van der Waals surface area contributed by atoms with Crippen LogP contribution in [0.1, 0.15) is 30.1 Å². The molecule has 2 saturated heterocycles. The number of aromatic nitrogens is 3. The largest absolute Gasteiger partial charge is 0.338 e. The zero-order chi connectivity index (χ0) is 19.7. The minimum Gasteiger partial charge on any atom is -0.338 e. The summed E-state index contributed by atoms with van der Waals surface area (Å²) in [4.78, 5) is 35.8. The van der Waals surface area contributed by atoms with Gasteiger partial charge in [0.2, 0.25) is 5.91 Å². The first-order valence-electron chi connectivity index (χ1n) is 9.79. The van der Waals surface area contributed by atoms with Crippen LogP contribution in [-0.2, 0) is 4.79 Å². The number of likely N-dealkylation sites (N-methyl/N-ethyl adjacent to an activating group) is 1. The molecule has 1 aromatic carbocycles. The van der Waals surface area contributed by atoms with E-state index in [0.29, 0.717) is 25.2 Å². The molecule has 0 aliphatic carbocycles. The van der Waals surface area contributed by atoms with Gasteiger partial charge in [-0.15, -0.1) is 0 Å². The van der Waals surface area contributed by atoms with Crippen LogP contribution >= 0.6 is 0 Å². The van der Waals surface area contributed by atoms with Gasteiger partial charge in [-0.25, -0.2) is 9.67 Å². The molecule has 2 aliphatic rings. The maximum atomic E-state index is 13.1. The van der Waals surface area contributed by atoms with Gasteiger partial charge in [0.25, 0.3) is 5.91 Å². The van der Waals surface area contributed by atoms with E-state index in [9.17, 15) is 9.59 Å². The molecule has 2 aliphatic heterocycles. The number of rotatable bonds is 3. The number of hydrogen-bond donors (Lipinski definition) is 0. The topological polar surface area (TPSA) is 74.6 Å². The molecule has 2 atom stereocenters. The van der Waals surface area contributed by atoms with E-state index in [-0.39, 0.29) is 23.9 Å². The van der Waals surface area contributed by atoms with E-state index in [0.717, 1.165) is 25.1 Å². The Morgan fingerprint density at radius 3 is 2.71 bits per heavy atom. The van der Waals surface area contributed by atoms with Crippen LogP contribution < -0.4 is 0 Å². The van der Waals surface area contributed by atoms with Crippen LogP contribution in [0.15, 0.2) is 36.9 Å². The highest BCUT2D eigenvalue weighted by Gasteiger charge is 2.36. The molecule has 0 saturated carbocycles. The first-order valence-corrected chi connectivity index (χ1v) is 9.79. The Hall–Kier alpha value is -2.74. The predicted molar refractivity (Wildman–Crippen MR) is 104 cm³/mol. The monoisotopic (exact) mass is 382 g/mol. The molecule has 0 unspecified atom stereocenters. The molecular formula is C20H26N6O2. The van der Waals surface area contributed by atoms with Crippen molar-refractivity contribution >= 4 is 11.8 Å². The molecule has 3 heterocycles. The predicted octanol–water partition coefficient (Wildman–Crippen LogP) is 1.03. The molecule has 0 N–H and O–H groups in total. The third kappa shape index (κ3) is 3.52. The fourth-order valence-electron chi connectivity index (χ4n) is 4.18. The van der Waals surface area contributed by atoms with Gasteiger partial charge < -0.3 is 9.80 Å². The molecule has 4 rings (SSSR count).